The molecular weight excluding hydrogens is 562 g/mol. The second-order valence-electron chi connectivity index (χ2n) is 10.4. The molecule has 0 bridgehead atoms. The second-order valence-corrected chi connectivity index (χ2v) is 12.3. The van der Waals surface area contributed by atoms with Gasteiger partial charge in [-0.15, -0.1) is 0 Å². The summed E-state index contributed by atoms with van der Waals surface area (Å²) in [6.45, 7) is 5.09. The van der Waals surface area contributed by atoms with Crippen LogP contribution < -0.4 is 14.4 Å². The van der Waals surface area contributed by atoms with Crippen LogP contribution in [0.1, 0.15) is 26.3 Å². The van der Waals surface area contributed by atoms with Crippen molar-refractivity contribution in [3.63, 3.8) is 0 Å². The molecule has 224 valence electrons. The van der Waals surface area contributed by atoms with Gasteiger partial charge in [0.15, 0.2) is 0 Å². The number of hydrogen-bond donors (Lipinski definition) is 1. The lowest BCUT2D eigenvalue weighted by Crippen LogP contribution is -2.53. The summed E-state index contributed by atoms with van der Waals surface area (Å²) >= 11 is 0. The number of nitrogens with zero attached hydrogens (tertiary/aromatic N) is 2. The first kappa shape index (κ1) is 31.3. The minimum atomic E-state index is -4.14. The standard InChI is InChI=1S/C34H37N3O5S/c1-26(2)35-34(39)27(3)36(24-23-28-13-7-4-8-14-28)33(38)25-37(43(40,41)32-17-11-6-12-18-32)29-19-21-31(22-20-29)42-30-15-9-5-10-16-30/h4-22,26-27H,23-25H2,1-3H3,(H,35,39). The Morgan fingerprint density at radius 2 is 1.28 bits per heavy atom. The van der Waals surface area contributed by atoms with Gasteiger partial charge in [-0.2, -0.15) is 0 Å². The van der Waals surface area contributed by atoms with Crippen LogP contribution in [0, 0.1) is 0 Å². The number of ether oxygens (including phenoxy) is 1. The maximum Gasteiger partial charge on any atom is 0.264 e. The van der Waals surface area contributed by atoms with E-state index in [9.17, 15) is 18.0 Å². The first-order chi connectivity index (χ1) is 20.6. The number of rotatable bonds is 13. The van der Waals surface area contributed by atoms with Gasteiger partial charge in [0.1, 0.15) is 24.1 Å². The normalized spacial score (nSPS) is 11.9. The lowest BCUT2D eigenvalue weighted by molar-refractivity contribution is -0.139. The number of para-hydroxylation sites is 1. The van der Waals surface area contributed by atoms with Crippen molar-refractivity contribution in [2.45, 2.75) is 44.2 Å². The van der Waals surface area contributed by atoms with Crippen LogP contribution in [-0.4, -0.2) is 50.3 Å². The molecule has 0 aliphatic carbocycles. The van der Waals surface area contributed by atoms with Crippen molar-refractivity contribution in [2.24, 2.45) is 0 Å². The fourth-order valence-electron chi connectivity index (χ4n) is 4.53. The number of anilines is 1. The molecule has 0 spiro atoms. The Hall–Kier alpha value is -4.63. The molecule has 2 amide bonds. The highest BCUT2D eigenvalue weighted by atomic mass is 32.2. The molecule has 0 saturated heterocycles. The Kier molecular flexibility index (Phi) is 10.6. The van der Waals surface area contributed by atoms with Crippen molar-refractivity contribution in [3.05, 3.63) is 121 Å². The molecule has 4 aromatic rings. The minimum absolute atomic E-state index is 0.0499. The smallest absolute Gasteiger partial charge is 0.264 e. The zero-order chi connectivity index (χ0) is 30.8. The fourth-order valence-corrected chi connectivity index (χ4v) is 5.96. The third-order valence-electron chi connectivity index (χ3n) is 6.80. The summed E-state index contributed by atoms with van der Waals surface area (Å²) in [5, 5.41) is 2.86. The van der Waals surface area contributed by atoms with Gasteiger partial charge in [0.05, 0.1) is 10.6 Å². The van der Waals surface area contributed by atoms with E-state index in [1.807, 2.05) is 74.5 Å². The first-order valence-corrected chi connectivity index (χ1v) is 15.6. The summed E-state index contributed by atoms with van der Waals surface area (Å²) in [5.41, 5.74) is 1.29. The maximum absolute atomic E-state index is 14.0. The fraction of sp³-hybridized carbons (Fsp3) is 0.235. The van der Waals surface area contributed by atoms with Crippen LogP contribution in [0.4, 0.5) is 5.69 Å². The summed E-state index contributed by atoms with van der Waals surface area (Å²) in [4.78, 5) is 28.5. The summed E-state index contributed by atoms with van der Waals surface area (Å²) in [6, 6.07) is 32.4. The number of nitrogens with one attached hydrogen (secondary N) is 1. The van der Waals surface area contributed by atoms with E-state index in [2.05, 4.69) is 5.32 Å². The van der Waals surface area contributed by atoms with E-state index in [1.54, 1.807) is 49.4 Å². The SMILES string of the molecule is CC(C)NC(=O)C(C)N(CCc1ccccc1)C(=O)CN(c1ccc(Oc2ccccc2)cc1)S(=O)(=O)c1ccccc1. The summed E-state index contributed by atoms with van der Waals surface area (Å²) in [7, 11) is -4.14. The molecule has 43 heavy (non-hydrogen) atoms. The third kappa shape index (κ3) is 8.45. The van der Waals surface area contributed by atoms with Crippen molar-refractivity contribution in [2.75, 3.05) is 17.4 Å². The van der Waals surface area contributed by atoms with Gasteiger partial charge >= 0.3 is 0 Å². The topological polar surface area (TPSA) is 96.0 Å². The largest absolute Gasteiger partial charge is 0.457 e. The first-order valence-electron chi connectivity index (χ1n) is 14.2. The maximum atomic E-state index is 14.0. The average molecular weight is 600 g/mol. The van der Waals surface area contributed by atoms with Crippen LogP contribution in [0.15, 0.2) is 120 Å². The molecule has 0 saturated carbocycles. The zero-order valence-electron chi connectivity index (χ0n) is 24.6. The van der Waals surface area contributed by atoms with Crippen molar-refractivity contribution < 1.29 is 22.7 Å². The Bertz CT molecular complexity index is 1580. The molecule has 0 aromatic heterocycles. The molecule has 0 fully saturated rings. The average Bonchev–Trinajstić information content (AvgIpc) is 3.01. The van der Waals surface area contributed by atoms with Crippen molar-refractivity contribution in [3.8, 4) is 11.5 Å². The van der Waals surface area contributed by atoms with Gasteiger partial charge in [-0.05, 0) is 81.3 Å². The van der Waals surface area contributed by atoms with Crippen LogP contribution in [0.2, 0.25) is 0 Å². The lowest BCUT2D eigenvalue weighted by atomic mass is 10.1. The van der Waals surface area contributed by atoms with Crippen LogP contribution in [0.25, 0.3) is 0 Å². The second kappa shape index (κ2) is 14.5. The Morgan fingerprint density at radius 3 is 1.86 bits per heavy atom. The van der Waals surface area contributed by atoms with Crippen molar-refractivity contribution in [1.29, 1.82) is 0 Å². The van der Waals surface area contributed by atoms with Crippen LogP contribution in [0.5, 0.6) is 11.5 Å². The van der Waals surface area contributed by atoms with E-state index >= 15 is 0 Å². The van der Waals surface area contributed by atoms with Gasteiger partial charge in [0, 0.05) is 12.6 Å². The van der Waals surface area contributed by atoms with E-state index in [1.165, 1.54) is 17.0 Å². The number of amides is 2. The molecule has 4 rings (SSSR count). The van der Waals surface area contributed by atoms with Crippen LogP contribution >= 0.6 is 0 Å². The predicted octanol–water partition coefficient (Wildman–Crippen LogP) is 5.66. The minimum Gasteiger partial charge on any atom is -0.457 e. The van der Waals surface area contributed by atoms with E-state index in [-0.39, 0.29) is 23.4 Å². The molecule has 9 heteroatoms. The molecule has 1 atom stereocenters. The molecular formula is C34H37N3O5S. The quantitative estimate of drug-likeness (QED) is 0.214. The van der Waals surface area contributed by atoms with Gasteiger partial charge in [-0.25, -0.2) is 8.42 Å². The van der Waals surface area contributed by atoms with E-state index < -0.39 is 28.5 Å². The number of carbonyl (C=O) groups excluding carboxylic acids is 2. The highest BCUT2D eigenvalue weighted by Gasteiger charge is 2.32. The highest BCUT2D eigenvalue weighted by Crippen LogP contribution is 2.28. The molecule has 0 heterocycles. The molecule has 1 N–H and O–H groups in total. The summed E-state index contributed by atoms with van der Waals surface area (Å²) in [5.74, 6) is 0.353. The van der Waals surface area contributed by atoms with Gasteiger partial charge < -0.3 is 15.0 Å². The molecule has 4 aromatic carbocycles. The van der Waals surface area contributed by atoms with E-state index in [0.29, 0.717) is 23.6 Å². The van der Waals surface area contributed by atoms with Crippen LogP contribution in [0.3, 0.4) is 0 Å². The van der Waals surface area contributed by atoms with Crippen LogP contribution in [-0.2, 0) is 26.0 Å². The number of benzene rings is 4. The summed E-state index contributed by atoms with van der Waals surface area (Å²) < 4.78 is 34.8. The molecule has 8 nitrogen and oxygen atoms in total. The number of carbonyl (C=O) groups is 2. The monoisotopic (exact) mass is 599 g/mol. The van der Waals surface area contributed by atoms with Gasteiger partial charge in [0.2, 0.25) is 11.8 Å². The number of sulfonamides is 1. The molecule has 0 aliphatic heterocycles. The predicted molar refractivity (Wildman–Crippen MR) is 169 cm³/mol. The summed E-state index contributed by atoms with van der Waals surface area (Å²) in [6.07, 6.45) is 0.503. The van der Waals surface area contributed by atoms with E-state index in [4.69, 9.17) is 4.74 Å². The molecule has 0 radical (unpaired) electrons. The molecule has 1 unspecified atom stereocenters. The van der Waals surface area contributed by atoms with Gasteiger partial charge in [-0.1, -0.05) is 66.7 Å². The van der Waals surface area contributed by atoms with Crippen molar-refractivity contribution >= 4 is 27.5 Å². The Labute approximate surface area is 254 Å². The van der Waals surface area contributed by atoms with Gasteiger partial charge in [0.25, 0.3) is 10.0 Å². The third-order valence-corrected chi connectivity index (χ3v) is 8.58. The lowest BCUT2D eigenvalue weighted by Gasteiger charge is -2.32. The highest BCUT2D eigenvalue weighted by molar-refractivity contribution is 7.92. The number of hydrogen-bond acceptors (Lipinski definition) is 5. The van der Waals surface area contributed by atoms with Gasteiger partial charge in [-0.3, -0.25) is 13.9 Å². The van der Waals surface area contributed by atoms with Crippen molar-refractivity contribution in [1.82, 2.24) is 10.2 Å². The zero-order valence-corrected chi connectivity index (χ0v) is 25.4. The Balaban J connectivity index is 1.65. The van der Waals surface area contributed by atoms with E-state index in [0.717, 1.165) is 9.87 Å². The molecule has 0 aliphatic rings. The Morgan fingerprint density at radius 1 is 0.744 bits per heavy atom.